The van der Waals surface area contributed by atoms with E-state index in [4.69, 9.17) is 9.47 Å². The third kappa shape index (κ3) is 3.05. The van der Waals surface area contributed by atoms with E-state index >= 15 is 0 Å². The van der Waals surface area contributed by atoms with Crippen molar-refractivity contribution in [3.63, 3.8) is 0 Å². The Balaban J connectivity index is 1.43. The molecule has 2 aliphatic heterocycles. The van der Waals surface area contributed by atoms with Crippen LogP contribution in [-0.2, 0) is 4.74 Å². The van der Waals surface area contributed by atoms with E-state index in [9.17, 15) is 4.79 Å². The first kappa shape index (κ1) is 15.9. The van der Waals surface area contributed by atoms with Crippen LogP contribution < -0.4 is 15.0 Å². The van der Waals surface area contributed by atoms with Crippen molar-refractivity contribution in [2.24, 2.45) is 0 Å². The molecule has 0 bridgehead atoms. The van der Waals surface area contributed by atoms with Crippen LogP contribution in [0.1, 0.15) is 0 Å². The Bertz CT molecular complexity index is 793. The Hall–Kier alpha value is -2.61. The molecule has 2 aromatic rings. The van der Waals surface area contributed by atoms with Crippen LogP contribution in [0.25, 0.3) is 11.0 Å². The van der Waals surface area contributed by atoms with Crippen LogP contribution in [0.5, 0.6) is 5.88 Å². The summed E-state index contributed by atoms with van der Waals surface area (Å²) in [6.45, 7) is 3.13. The van der Waals surface area contributed by atoms with Crippen molar-refractivity contribution in [2.45, 2.75) is 12.1 Å². The average Bonchev–Trinajstić information content (AvgIpc) is 2.98. The quantitative estimate of drug-likeness (QED) is 0.863. The van der Waals surface area contributed by atoms with Gasteiger partial charge in [0.1, 0.15) is 11.6 Å². The molecule has 0 radical (unpaired) electrons. The lowest BCUT2D eigenvalue weighted by Crippen LogP contribution is -2.59. The van der Waals surface area contributed by atoms with Gasteiger partial charge in [-0.3, -0.25) is 9.88 Å². The second-order valence-electron chi connectivity index (χ2n) is 6.46. The van der Waals surface area contributed by atoms with Gasteiger partial charge in [-0.2, -0.15) is 0 Å². The molecule has 2 saturated heterocycles. The zero-order valence-corrected chi connectivity index (χ0v) is 14.3. The molecular formula is C17H21N5O3. The third-order valence-corrected chi connectivity index (χ3v) is 4.81. The number of aromatic nitrogens is 2. The van der Waals surface area contributed by atoms with E-state index in [2.05, 4.69) is 32.1 Å². The molecule has 2 aromatic heterocycles. The highest BCUT2D eigenvalue weighted by Gasteiger charge is 2.34. The number of rotatable bonds is 5. The maximum Gasteiger partial charge on any atom is 0.407 e. The maximum absolute atomic E-state index is 11.1. The van der Waals surface area contributed by atoms with Gasteiger partial charge in [0, 0.05) is 37.9 Å². The van der Waals surface area contributed by atoms with Crippen LogP contribution in [0.3, 0.4) is 0 Å². The molecule has 0 saturated carbocycles. The Morgan fingerprint density at radius 1 is 1.40 bits per heavy atom. The number of hydrogen-bond acceptors (Lipinski definition) is 7. The molecule has 0 aliphatic carbocycles. The Kier molecular flexibility index (Phi) is 4.04. The smallest absolute Gasteiger partial charge is 0.407 e. The molecule has 25 heavy (non-hydrogen) atoms. The number of alkyl carbamates (subject to hydrolysis) is 1. The Morgan fingerprint density at radius 3 is 2.96 bits per heavy atom. The lowest BCUT2D eigenvalue weighted by atomic mass is 10.1. The minimum absolute atomic E-state index is 0.0702. The van der Waals surface area contributed by atoms with E-state index < -0.39 is 0 Å². The van der Waals surface area contributed by atoms with Crippen molar-refractivity contribution in [1.82, 2.24) is 20.2 Å². The molecule has 1 amide bonds. The molecule has 2 aliphatic rings. The molecule has 0 aromatic carbocycles. The first-order valence-electron chi connectivity index (χ1n) is 8.33. The van der Waals surface area contributed by atoms with E-state index in [0.717, 1.165) is 36.4 Å². The van der Waals surface area contributed by atoms with Gasteiger partial charge in [-0.25, -0.2) is 9.78 Å². The topological polar surface area (TPSA) is 79.8 Å². The molecule has 132 valence electrons. The summed E-state index contributed by atoms with van der Waals surface area (Å²) in [6.07, 6.45) is 1.42. The van der Waals surface area contributed by atoms with Crippen LogP contribution in [0.4, 0.5) is 10.5 Å². The number of nitrogens with one attached hydrogen (secondary N) is 1. The average molecular weight is 343 g/mol. The number of nitrogens with zero attached hydrogens (tertiary/aromatic N) is 4. The normalized spacial score (nSPS) is 20.5. The monoisotopic (exact) mass is 343 g/mol. The van der Waals surface area contributed by atoms with Gasteiger partial charge in [-0.15, -0.1) is 0 Å². The van der Waals surface area contributed by atoms with E-state index in [1.807, 2.05) is 24.4 Å². The largest absolute Gasteiger partial charge is 0.481 e. The highest BCUT2D eigenvalue weighted by molar-refractivity contribution is 5.88. The molecule has 1 atom stereocenters. The standard InChI is InChI=1S/C17H21N5O3/c1-21(10-12-7-19-17(23)25-12)11-8-22(9-11)14-5-6-18-13-3-4-15(24-2)20-16(13)14/h3-6,11-12H,7-10H2,1-2H3,(H,19,23). The van der Waals surface area contributed by atoms with Crippen LogP contribution in [0, 0.1) is 0 Å². The zero-order valence-electron chi connectivity index (χ0n) is 14.3. The number of methoxy groups -OCH3 is 1. The molecule has 8 heteroatoms. The fourth-order valence-corrected chi connectivity index (χ4v) is 3.30. The summed E-state index contributed by atoms with van der Waals surface area (Å²) < 4.78 is 10.4. The van der Waals surface area contributed by atoms with Crippen LogP contribution >= 0.6 is 0 Å². The van der Waals surface area contributed by atoms with Crippen molar-refractivity contribution < 1.29 is 14.3 Å². The van der Waals surface area contributed by atoms with Crippen LogP contribution in [0.2, 0.25) is 0 Å². The number of amides is 1. The van der Waals surface area contributed by atoms with Crippen LogP contribution in [-0.4, -0.2) is 73.4 Å². The number of carbonyl (C=O) groups is 1. The maximum atomic E-state index is 11.1. The number of hydrogen-bond donors (Lipinski definition) is 1. The number of cyclic esters (lactones) is 1. The first-order chi connectivity index (χ1) is 12.1. The summed E-state index contributed by atoms with van der Waals surface area (Å²) in [7, 11) is 3.68. The van der Waals surface area contributed by atoms with Gasteiger partial charge in [0.15, 0.2) is 0 Å². The highest BCUT2D eigenvalue weighted by atomic mass is 16.6. The number of ether oxygens (including phenoxy) is 2. The van der Waals surface area contributed by atoms with Gasteiger partial charge in [0.25, 0.3) is 0 Å². The number of carbonyl (C=O) groups excluding carboxylic acids is 1. The highest BCUT2D eigenvalue weighted by Crippen LogP contribution is 2.30. The van der Waals surface area contributed by atoms with Crippen LogP contribution in [0.15, 0.2) is 24.4 Å². The molecule has 8 nitrogen and oxygen atoms in total. The van der Waals surface area contributed by atoms with Crippen molar-refractivity contribution in [3.05, 3.63) is 24.4 Å². The SMILES string of the molecule is COc1ccc2nccc(N3CC(N(C)CC4CNC(=O)O4)C3)c2n1. The molecule has 2 fully saturated rings. The van der Waals surface area contributed by atoms with Gasteiger partial charge in [-0.1, -0.05) is 0 Å². The number of pyridine rings is 2. The molecule has 4 rings (SSSR count). The number of fused-ring (bicyclic) bond motifs is 1. The third-order valence-electron chi connectivity index (χ3n) is 4.81. The molecule has 4 heterocycles. The molecular weight excluding hydrogens is 322 g/mol. The molecule has 1 N–H and O–H groups in total. The minimum Gasteiger partial charge on any atom is -0.481 e. The lowest BCUT2D eigenvalue weighted by molar-refractivity contribution is 0.0956. The van der Waals surface area contributed by atoms with Gasteiger partial charge in [-0.05, 0) is 19.2 Å². The Morgan fingerprint density at radius 2 is 2.24 bits per heavy atom. The molecule has 1 unspecified atom stereocenters. The summed E-state index contributed by atoms with van der Waals surface area (Å²) in [5.74, 6) is 0.589. The summed E-state index contributed by atoms with van der Waals surface area (Å²) in [5.41, 5.74) is 2.79. The summed E-state index contributed by atoms with van der Waals surface area (Å²) in [4.78, 5) is 24.6. The fourth-order valence-electron chi connectivity index (χ4n) is 3.30. The van der Waals surface area contributed by atoms with Gasteiger partial charge >= 0.3 is 6.09 Å². The van der Waals surface area contributed by atoms with Gasteiger partial charge < -0.3 is 19.7 Å². The number of likely N-dealkylation sites (N-methyl/N-ethyl adjacent to an activating group) is 1. The second-order valence-corrected chi connectivity index (χ2v) is 6.46. The van der Waals surface area contributed by atoms with Crippen molar-refractivity contribution in [2.75, 3.05) is 45.2 Å². The van der Waals surface area contributed by atoms with Gasteiger partial charge in [0.2, 0.25) is 5.88 Å². The van der Waals surface area contributed by atoms with E-state index in [1.165, 1.54) is 0 Å². The summed E-state index contributed by atoms with van der Waals surface area (Å²) >= 11 is 0. The van der Waals surface area contributed by atoms with Gasteiger partial charge in [0.05, 0.1) is 24.9 Å². The van der Waals surface area contributed by atoms with Crippen molar-refractivity contribution >= 4 is 22.8 Å². The van der Waals surface area contributed by atoms with E-state index in [0.29, 0.717) is 18.5 Å². The summed E-state index contributed by atoms with van der Waals surface area (Å²) in [5, 5.41) is 2.69. The second kappa shape index (κ2) is 6.36. The number of anilines is 1. The Labute approximate surface area is 145 Å². The lowest BCUT2D eigenvalue weighted by Gasteiger charge is -2.45. The van der Waals surface area contributed by atoms with Crippen molar-refractivity contribution in [3.8, 4) is 5.88 Å². The molecule has 0 spiro atoms. The first-order valence-corrected chi connectivity index (χ1v) is 8.33. The zero-order chi connectivity index (χ0) is 17.4. The fraction of sp³-hybridized carbons (Fsp3) is 0.471. The predicted molar refractivity (Wildman–Crippen MR) is 93.0 cm³/mol. The minimum atomic E-state index is -0.322. The summed E-state index contributed by atoms with van der Waals surface area (Å²) in [6, 6.07) is 6.17. The van der Waals surface area contributed by atoms with Crippen molar-refractivity contribution in [1.29, 1.82) is 0 Å². The van der Waals surface area contributed by atoms with E-state index in [-0.39, 0.29) is 12.2 Å². The van der Waals surface area contributed by atoms with E-state index in [1.54, 1.807) is 7.11 Å². The predicted octanol–water partition coefficient (Wildman–Crippen LogP) is 0.867.